The predicted molar refractivity (Wildman–Crippen MR) is 98.6 cm³/mol. The van der Waals surface area contributed by atoms with Gasteiger partial charge in [-0.3, -0.25) is 9.98 Å². The molecule has 0 N–H and O–H groups in total. The number of aryl methyl sites for hydroxylation is 1. The Morgan fingerprint density at radius 3 is 2.26 bits per heavy atom. The van der Waals surface area contributed by atoms with Crippen LogP contribution in [0.15, 0.2) is 70.6 Å². The van der Waals surface area contributed by atoms with Crippen molar-refractivity contribution in [3.8, 4) is 23.6 Å². The van der Waals surface area contributed by atoms with E-state index < -0.39 is 6.17 Å². The van der Waals surface area contributed by atoms with E-state index in [-0.39, 0.29) is 11.1 Å². The molecule has 1 aliphatic heterocycles. The molecule has 4 rings (SSSR count). The molecule has 3 aromatic carbocycles. The van der Waals surface area contributed by atoms with Crippen molar-refractivity contribution >= 4 is 0 Å². The van der Waals surface area contributed by atoms with E-state index in [9.17, 15) is 10.5 Å². The topological polar surface area (TPSA) is 81.5 Å². The number of benzene rings is 3. The average molecular weight is 350 g/mol. The molecule has 0 amide bonds. The normalized spacial score (nSPS) is 12.3. The minimum Gasteiger partial charge on any atom is -0.455 e. The number of nitriles is 2. The summed E-state index contributed by atoms with van der Waals surface area (Å²) in [7, 11) is 0. The van der Waals surface area contributed by atoms with E-state index in [1.807, 2.05) is 55.5 Å². The molecule has 3 aromatic rings. The van der Waals surface area contributed by atoms with Crippen LogP contribution in [0.5, 0.6) is 11.5 Å². The minimum absolute atomic E-state index is 0.218. The van der Waals surface area contributed by atoms with Gasteiger partial charge in [0.2, 0.25) is 0 Å². The Labute approximate surface area is 156 Å². The molecule has 0 radical (unpaired) electrons. The van der Waals surface area contributed by atoms with Gasteiger partial charge in [0.25, 0.3) is 0 Å². The van der Waals surface area contributed by atoms with Crippen LogP contribution in [0.3, 0.4) is 0 Å². The van der Waals surface area contributed by atoms with Crippen LogP contribution in [0.1, 0.15) is 28.4 Å². The molecule has 5 nitrogen and oxygen atoms in total. The Bertz CT molecular complexity index is 1210. The van der Waals surface area contributed by atoms with Crippen LogP contribution in [0.4, 0.5) is 0 Å². The molecule has 0 unspecified atom stereocenters. The summed E-state index contributed by atoms with van der Waals surface area (Å²) in [4.78, 5) is 9.36. The molecule has 0 atom stereocenters. The quantitative estimate of drug-likeness (QED) is 0.725. The van der Waals surface area contributed by atoms with E-state index in [1.165, 1.54) is 0 Å². The molecule has 0 aliphatic carbocycles. The highest BCUT2D eigenvalue weighted by Crippen LogP contribution is 2.35. The standard InChI is InChI=1S/C22H14N4O/c1-14-9-10-21(27-20-8-4-5-15(12-23)17(20)13-24)16(11-14)22-25-18-6-2-3-7-19(18)26-22/h2-11,22H,1H3. The molecule has 0 saturated carbocycles. The smallest absolute Gasteiger partial charge is 0.170 e. The SMILES string of the molecule is Cc1ccc(Oc2cccc(C#N)c2C#N)c(C2N=c3ccccc3=N2)c1. The molecular formula is C22H14N4O. The molecule has 27 heavy (non-hydrogen) atoms. The van der Waals surface area contributed by atoms with Crippen LogP contribution < -0.4 is 15.5 Å². The zero-order valence-corrected chi connectivity index (χ0v) is 14.5. The highest BCUT2D eigenvalue weighted by molar-refractivity contribution is 5.55. The van der Waals surface area contributed by atoms with Gasteiger partial charge in [0.1, 0.15) is 29.2 Å². The lowest BCUT2D eigenvalue weighted by molar-refractivity contribution is 0.469. The second-order valence-corrected chi connectivity index (χ2v) is 6.17. The zero-order chi connectivity index (χ0) is 18.8. The lowest BCUT2D eigenvalue weighted by atomic mass is 10.1. The molecule has 0 spiro atoms. The average Bonchev–Trinajstić information content (AvgIpc) is 3.13. The number of para-hydroxylation sites is 2. The van der Waals surface area contributed by atoms with Gasteiger partial charge in [0.15, 0.2) is 6.17 Å². The third-order valence-electron chi connectivity index (χ3n) is 4.33. The van der Waals surface area contributed by atoms with Crippen molar-refractivity contribution in [2.75, 3.05) is 0 Å². The largest absolute Gasteiger partial charge is 0.455 e. The Morgan fingerprint density at radius 1 is 0.852 bits per heavy atom. The third-order valence-corrected chi connectivity index (χ3v) is 4.33. The molecule has 0 fully saturated rings. The first-order valence-corrected chi connectivity index (χ1v) is 8.42. The van der Waals surface area contributed by atoms with Crippen LogP contribution in [-0.4, -0.2) is 0 Å². The molecular weight excluding hydrogens is 336 g/mol. The number of fused-ring (bicyclic) bond motifs is 1. The lowest BCUT2D eigenvalue weighted by Gasteiger charge is -2.15. The summed E-state index contributed by atoms with van der Waals surface area (Å²) >= 11 is 0. The Morgan fingerprint density at radius 2 is 1.59 bits per heavy atom. The maximum atomic E-state index is 9.43. The third kappa shape index (κ3) is 3.03. The fourth-order valence-electron chi connectivity index (χ4n) is 3.02. The van der Waals surface area contributed by atoms with Crippen LogP contribution in [0, 0.1) is 29.6 Å². The molecule has 0 aromatic heterocycles. The van der Waals surface area contributed by atoms with E-state index >= 15 is 0 Å². The van der Waals surface area contributed by atoms with Gasteiger partial charge in [-0.25, -0.2) is 0 Å². The highest BCUT2D eigenvalue weighted by atomic mass is 16.5. The van der Waals surface area contributed by atoms with Gasteiger partial charge in [0.05, 0.1) is 16.3 Å². The Balaban J connectivity index is 1.80. The molecule has 0 saturated heterocycles. The summed E-state index contributed by atoms with van der Waals surface area (Å²) in [5, 5.41) is 20.3. The van der Waals surface area contributed by atoms with Crippen molar-refractivity contribution < 1.29 is 4.74 Å². The van der Waals surface area contributed by atoms with Gasteiger partial charge in [-0.15, -0.1) is 0 Å². The molecule has 128 valence electrons. The van der Waals surface area contributed by atoms with Crippen molar-refractivity contribution in [3.05, 3.63) is 93.6 Å². The minimum atomic E-state index is -0.401. The van der Waals surface area contributed by atoms with Gasteiger partial charge >= 0.3 is 0 Å². The predicted octanol–water partition coefficient (Wildman–Crippen LogP) is 3.48. The van der Waals surface area contributed by atoms with E-state index in [0.29, 0.717) is 11.5 Å². The van der Waals surface area contributed by atoms with Gasteiger partial charge < -0.3 is 4.74 Å². The summed E-state index contributed by atoms with van der Waals surface area (Å²) in [6.07, 6.45) is -0.401. The highest BCUT2D eigenvalue weighted by Gasteiger charge is 2.19. The fourth-order valence-corrected chi connectivity index (χ4v) is 3.02. The molecule has 1 aliphatic rings. The van der Waals surface area contributed by atoms with Gasteiger partial charge in [-0.1, -0.05) is 29.8 Å². The van der Waals surface area contributed by atoms with Gasteiger partial charge in [-0.2, -0.15) is 10.5 Å². The zero-order valence-electron chi connectivity index (χ0n) is 14.5. The first-order valence-electron chi connectivity index (χ1n) is 8.42. The molecule has 5 heteroatoms. The maximum absolute atomic E-state index is 9.43. The Hall–Kier alpha value is -3.96. The van der Waals surface area contributed by atoms with Crippen molar-refractivity contribution in [2.24, 2.45) is 9.98 Å². The summed E-state index contributed by atoms with van der Waals surface area (Å²) in [6, 6.07) is 22.5. The number of hydrogen-bond donors (Lipinski definition) is 0. The van der Waals surface area contributed by atoms with Crippen LogP contribution >= 0.6 is 0 Å². The van der Waals surface area contributed by atoms with Gasteiger partial charge in [0, 0.05) is 5.56 Å². The lowest BCUT2D eigenvalue weighted by Crippen LogP contribution is -2.19. The van der Waals surface area contributed by atoms with E-state index in [1.54, 1.807) is 18.2 Å². The number of rotatable bonds is 3. The maximum Gasteiger partial charge on any atom is 0.170 e. The van der Waals surface area contributed by atoms with Crippen molar-refractivity contribution in [1.29, 1.82) is 10.5 Å². The Kier molecular flexibility index (Phi) is 4.12. The van der Waals surface area contributed by atoms with E-state index in [0.717, 1.165) is 21.8 Å². The van der Waals surface area contributed by atoms with Crippen LogP contribution in [0.25, 0.3) is 0 Å². The van der Waals surface area contributed by atoms with Crippen LogP contribution in [-0.2, 0) is 0 Å². The summed E-state index contributed by atoms with van der Waals surface area (Å²) < 4.78 is 6.05. The molecule has 0 bridgehead atoms. The van der Waals surface area contributed by atoms with Crippen molar-refractivity contribution in [2.45, 2.75) is 13.1 Å². The van der Waals surface area contributed by atoms with E-state index in [2.05, 4.69) is 16.1 Å². The van der Waals surface area contributed by atoms with Crippen LogP contribution in [0.2, 0.25) is 0 Å². The fraction of sp³-hybridized carbons (Fsp3) is 0.0909. The first kappa shape index (κ1) is 16.5. The second kappa shape index (κ2) is 6.74. The summed E-state index contributed by atoms with van der Waals surface area (Å²) in [5.41, 5.74) is 2.38. The second-order valence-electron chi connectivity index (χ2n) is 6.17. The van der Waals surface area contributed by atoms with Crippen molar-refractivity contribution in [1.82, 2.24) is 0 Å². The number of nitrogens with zero attached hydrogens (tertiary/aromatic N) is 4. The summed E-state index contributed by atoms with van der Waals surface area (Å²) in [6.45, 7) is 1.99. The summed E-state index contributed by atoms with van der Waals surface area (Å²) in [5.74, 6) is 0.912. The van der Waals surface area contributed by atoms with E-state index in [4.69, 9.17) is 4.74 Å². The number of ether oxygens (including phenoxy) is 1. The number of hydrogen-bond acceptors (Lipinski definition) is 5. The van der Waals surface area contributed by atoms with Gasteiger partial charge in [-0.05, 0) is 43.3 Å². The monoisotopic (exact) mass is 350 g/mol. The van der Waals surface area contributed by atoms with Crippen molar-refractivity contribution in [3.63, 3.8) is 0 Å². The first-order chi connectivity index (χ1) is 13.2. The molecule has 1 heterocycles.